The monoisotopic (exact) mass is 231 g/mol. The van der Waals surface area contributed by atoms with E-state index in [0.29, 0.717) is 0 Å². The summed E-state index contributed by atoms with van der Waals surface area (Å²) in [6.07, 6.45) is 0.986. The van der Waals surface area contributed by atoms with Crippen molar-refractivity contribution in [2.45, 2.75) is 33.2 Å². The number of rotatable bonds is 3. The summed E-state index contributed by atoms with van der Waals surface area (Å²) in [5.74, 6) is 0.782. The molecule has 1 aromatic carbocycles. The second-order valence-corrected chi connectivity index (χ2v) is 4.22. The smallest absolute Gasteiger partial charge is 0.182 e. The molecule has 0 saturated carbocycles. The second-order valence-electron chi connectivity index (χ2n) is 4.22. The van der Waals surface area contributed by atoms with Crippen molar-refractivity contribution < 1.29 is 0 Å². The van der Waals surface area contributed by atoms with Gasteiger partial charge in [0.1, 0.15) is 0 Å². The third-order valence-electron chi connectivity index (χ3n) is 3.12. The van der Waals surface area contributed by atoms with E-state index in [2.05, 4.69) is 29.4 Å². The minimum absolute atomic E-state index is 0.279. The van der Waals surface area contributed by atoms with Crippen molar-refractivity contribution in [3.63, 3.8) is 0 Å². The highest BCUT2D eigenvalue weighted by Gasteiger charge is 2.15. The predicted octanol–water partition coefficient (Wildman–Crippen LogP) is 2.20. The zero-order chi connectivity index (χ0) is 12.4. The fourth-order valence-corrected chi connectivity index (χ4v) is 1.74. The first-order valence-electron chi connectivity index (χ1n) is 5.78. The Morgan fingerprint density at radius 3 is 2.88 bits per heavy atom. The first-order chi connectivity index (χ1) is 8.15. The Hall–Kier alpha value is -1.91. The Labute approximate surface area is 101 Å². The molecule has 0 aliphatic carbocycles. The molecule has 0 fully saturated rings. The van der Waals surface area contributed by atoms with Crippen LogP contribution < -0.4 is 5.73 Å². The van der Waals surface area contributed by atoms with E-state index in [-0.39, 0.29) is 6.04 Å². The van der Waals surface area contributed by atoms with Crippen LogP contribution in [0.5, 0.6) is 0 Å². The third kappa shape index (κ3) is 2.00. The van der Waals surface area contributed by atoms with Crippen molar-refractivity contribution in [3.8, 4) is 11.4 Å². The van der Waals surface area contributed by atoms with Gasteiger partial charge in [-0.3, -0.25) is 0 Å². The first-order valence-corrected chi connectivity index (χ1v) is 5.78. The number of nitrogens with zero attached hydrogens (tertiary/aromatic N) is 4. The van der Waals surface area contributed by atoms with Gasteiger partial charge in [0.25, 0.3) is 0 Å². The molecule has 90 valence electrons. The maximum absolute atomic E-state index is 5.91. The molecule has 0 aliphatic rings. The van der Waals surface area contributed by atoms with Crippen LogP contribution in [0.4, 0.5) is 5.69 Å². The Kier molecular flexibility index (Phi) is 3.08. The third-order valence-corrected chi connectivity index (χ3v) is 3.12. The summed E-state index contributed by atoms with van der Waals surface area (Å²) in [4.78, 5) is 0. The van der Waals surface area contributed by atoms with E-state index >= 15 is 0 Å². The van der Waals surface area contributed by atoms with Crippen LogP contribution in [0, 0.1) is 6.92 Å². The van der Waals surface area contributed by atoms with Crippen LogP contribution in [0.1, 0.15) is 31.9 Å². The summed E-state index contributed by atoms with van der Waals surface area (Å²) in [5.41, 5.74) is 8.69. The molecule has 2 N–H and O–H groups in total. The number of tetrazole rings is 1. The molecule has 5 nitrogen and oxygen atoms in total. The van der Waals surface area contributed by atoms with Gasteiger partial charge in [-0.1, -0.05) is 19.1 Å². The summed E-state index contributed by atoms with van der Waals surface area (Å²) in [7, 11) is 0. The number of nitrogen functional groups attached to an aromatic ring is 1. The van der Waals surface area contributed by atoms with Crippen LogP contribution in [-0.2, 0) is 0 Å². The van der Waals surface area contributed by atoms with Crippen molar-refractivity contribution in [1.82, 2.24) is 20.2 Å². The molecule has 2 aromatic rings. The molecule has 0 saturated heterocycles. The molecule has 1 unspecified atom stereocenters. The van der Waals surface area contributed by atoms with Gasteiger partial charge in [-0.05, 0) is 42.3 Å². The van der Waals surface area contributed by atoms with E-state index in [9.17, 15) is 0 Å². The zero-order valence-corrected chi connectivity index (χ0v) is 10.4. The lowest BCUT2D eigenvalue weighted by atomic mass is 10.1. The SMILES string of the molecule is CCC(C)n1nnnc1-c1cccc(N)c1C. The Bertz CT molecular complexity index is 517. The molecule has 1 aromatic heterocycles. The van der Waals surface area contributed by atoms with Gasteiger partial charge in [-0.25, -0.2) is 4.68 Å². The largest absolute Gasteiger partial charge is 0.398 e. The van der Waals surface area contributed by atoms with Crippen molar-refractivity contribution >= 4 is 5.69 Å². The second kappa shape index (κ2) is 4.53. The highest BCUT2D eigenvalue weighted by atomic mass is 15.5. The van der Waals surface area contributed by atoms with Crippen LogP contribution in [0.25, 0.3) is 11.4 Å². The summed E-state index contributed by atoms with van der Waals surface area (Å²) < 4.78 is 1.85. The normalized spacial score (nSPS) is 12.6. The molecule has 17 heavy (non-hydrogen) atoms. The zero-order valence-electron chi connectivity index (χ0n) is 10.4. The number of aromatic nitrogens is 4. The van der Waals surface area contributed by atoms with Crippen LogP contribution in [0.2, 0.25) is 0 Å². The summed E-state index contributed by atoms with van der Waals surface area (Å²) in [5, 5.41) is 11.9. The van der Waals surface area contributed by atoms with Gasteiger partial charge in [-0.2, -0.15) is 0 Å². The van der Waals surface area contributed by atoms with Gasteiger partial charge in [0.05, 0.1) is 6.04 Å². The fourth-order valence-electron chi connectivity index (χ4n) is 1.74. The van der Waals surface area contributed by atoms with Gasteiger partial charge < -0.3 is 5.73 Å². The minimum Gasteiger partial charge on any atom is -0.398 e. The van der Waals surface area contributed by atoms with Crippen molar-refractivity contribution in [1.29, 1.82) is 0 Å². The average Bonchev–Trinajstić information content (AvgIpc) is 2.80. The van der Waals surface area contributed by atoms with E-state index < -0.39 is 0 Å². The van der Waals surface area contributed by atoms with E-state index in [1.54, 1.807) is 0 Å². The van der Waals surface area contributed by atoms with E-state index in [0.717, 1.165) is 29.1 Å². The predicted molar refractivity (Wildman–Crippen MR) is 67.4 cm³/mol. The lowest BCUT2D eigenvalue weighted by Crippen LogP contribution is -2.08. The summed E-state index contributed by atoms with van der Waals surface area (Å²) in [6, 6.07) is 6.08. The maximum Gasteiger partial charge on any atom is 0.182 e. The molecule has 0 bridgehead atoms. The standard InChI is InChI=1S/C12H17N5/c1-4-8(2)17-12(14-15-16-17)10-6-5-7-11(13)9(10)3/h5-8H,4,13H2,1-3H3. The molecule has 1 heterocycles. The van der Waals surface area contributed by atoms with Gasteiger partial charge in [0.15, 0.2) is 5.82 Å². The van der Waals surface area contributed by atoms with Crippen molar-refractivity contribution in [3.05, 3.63) is 23.8 Å². The number of nitrogens with two attached hydrogens (primary N) is 1. The van der Waals surface area contributed by atoms with Gasteiger partial charge in [0.2, 0.25) is 0 Å². The van der Waals surface area contributed by atoms with Gasteiger partial charge in [-0.15, -0.1) is 5.10 Å². The highest BCUT2D eigenvalue weighted by molar-refractivity contribution is 5.67. The molecular weight excluding hydrogens is 214 g/mol. The quantitative estimate of drug-likeness (QED) is 0.822. The average molecular weight is 231 g/mol. The first kappa shape index (κ1) is 11.6. The van der Waals surface area contributed by atoms with E-state index in [1.807, 2.05) is 29.8 Å². The minimum atomic E-state index is 0.279. The summed E-state index contributed by atoms with van der Waals surface area (Å²) >= 11 is 0. The topological polar surface area (TPSA) is 69.6 Å². The van der Waals surface area contributed by atoms with Crippen molar-refractivity contribution in [2.24, 2.45) is 0 Å². The molecule has 2 rings (SSSR count). The molecule has 0 amide bonds. The molecule has 0 spiro atoms. The lowest BCUT2D eigenvalue weighted by molar-refractivity contribution is 0.469. The number of benzene rings is 1. The van der Waals surface area contributed by atoms with Crippen LogP contribution in [0.15, 0.2) is 18.2 Å². The van der Waals surface area contributed by atoms with Crippen LogP contribution >= 0.6 is 0 Å². The number of anilines is 1. The number of hydrogen-bond acceptors (Lipinski definition) is 4. The summed E-state index contributed by atoms with van der Waals surface area (Å²) in [6.45, 7) is 6.20. The highest BCUT2D eigenvalue weighted by Crippen LogP contribution is 2.26. The molecule has 1 atom stereocenters. The molecule has 5 heteroatoms. The van der Waals surface area contributed by atoms with Gasteiger partial charge in [0, 0.05) is 11.3 Å². The number of hydrogen-bond donors (Lipinski definition) is 1. The van der Waals surface area contributed by atoms with Crippen LogP contribution in [-0.4, -0.2) is 20.2 Å². The Morgan fingerprint density at radius 1 is 1.41 bits per heavy atom. The maximum atomic E-state index is 5.91. The van der Waals surface area contributed by atoms with E-state index in [1.165, 1.54) is 0 Å². The Balaban J connectivity index is 2.54. The van der Waals surface area contributed by atoms with E-state index in [4.69, 9.17) is 5.73 Å². The lowest BCUT2D eigenvalue weighted by Gasteiger charge is -2.12. The fraction of sp³-hybridized carbons (Fsp3) is 0.417. The van der Waals surface area contributed by atoms with Gasteiger partial charge >= 0.3 is 0 Å². The molecule has 0 aliphatic heterocycles. The Morgan fingerprint density at radius 2 is 2.18 bits per heavy atom. The molecule has 0 radical (unpaired) electrons. The van der Waals surface area contributed by atoms with Crippen molar-refractivity contribution in [2.75, 3.05) is 5.73 Å². The molecular formula is C12H17N5. The van der Waals surface area contributed by atoms with Crippen LogP contribution in [0.3, 0.4) is 0 Å².